The average molecular weight is 287 g/mol. The fourth-order valence-electron chi connectivity index (χ4n) is 1.11. The number of ether oxygens (including phenoxy) is 2. The van der Waals surface area contributed by atoms with Crippen LogP contribution in [-0.2, 0) is 9.53 Å². The van der Waals surface area contributed by atoms with E-state index in [0.717, 1.165) is 0 Å². The molecule has 0 heterocycles. The zero-order valence-corrected chi connectivity index (χ0v) is 10.3. The molecule has 0 aliphatic carbocycles. The highest BCUT2D eigenvalue weighted by molar-refractivity contribution is 9.10. The minimum atomic E-state index is -0.347. The highest BCUT2D eigenvalue weighted by Crippen LogP contribution is 2.27. The lowest BCUT2D eigenvalue weighted by molar-refractivity contribution is -0.141. The van der Waals surface area contributed by atoms with Gasteiger partial charge in [-0.1, -0.05) is 6.07 Å². The molecule has 1 rings (SSSR count). The van der Waals surface area contributed by atoms with Crippen LogP contribution >= 0.6 is 15.9 Å². The molecule has 0 saturated heterocycles. The van der Waals surface area contributed by atoms with Crippen molar-refractivity contribution in [3.05, 3.63) is 28.2 Å². The highest BCUT2D eigenvalue weighted by atomic mass is 79.9. The molecule has 86 valence electrons. The molecule has 16 heavy (non-hydrogen) atoms. The first-order valence-corrected chi connectivity index (χ1v) is 5.41. The van der Waals surface area contributed by atoms with Crippen LogP contribution in [0.15, 0.2) is 22.7 Å². The molecular weight excluding hydrogens is 276 g/mol. The van der Waals surface area contributed by atoms with Crippen LogP contribution in [0, 0.1) is 0 Å². The number of para-hydroxylation sites is 1. The van der Waals surface area contributed by atoms with E-state index in [1.807, 2.05) is 0 Å². The van der Waals surface area contributed by atoms with Gasteiger partial charge in [0.1, 0.15) is 5.75 Å². The van der Waals surface area contributed by atoms with Crippen LogP contribution in [0.3, 0.4) is 0 Å². The van der Waals surface area contributed by atoms with E-state index in [1.54, 1.807) is 18.2 Å². The Morgan fingerprint density at radius 1 is 1.50 bits per heavy atom. The third kappa shape index (κ3) is 3.34. The Bertz CT molecular complexity index is 390. The second kappa shape index (κ2) is 6.27. The van der Waals surface area contributed by atoms with Gasteiger partial charge < -0.3 is 9.47 Å². The van der Waals surface area contributed by atoms with Gasteiger partial charge in [0, 0.05) is 0 Å². The van der Waals surface area contributed by atoms with Crippen molar-refractivity contribution in [3.8, 4) is 5.75 Å². The molecule has 5 heteroatoms. The van der Waals surface area contributed by atoms with E-state index < -0.39 is 0 Å². The quantitative estimate of drug-likeness (QED) is 0.615. The summed E-state index contributed by atoms with van der Waals surface area (Å²) in [4.78, 5) is 21.6. The first kappa shape index (κ1) is 12.7. The molecule has 0 atom stereocenters. The van der Waals surface area contributed by atoms with Crippen molar-refractivity contribution in [3.63, 3.8) is 0 Å². The minimum Gasteiger partial charge on any atom is -0.491 e. The lowest BCUT2D eigenvalue weighted by Gasteiger charge is -2.09. The van der Waals surface area contributed by atoms with Crippen LogP contribution in [0.2, 0.25) is 0 Å². The summed E-state index contributed by atoms with van der Waals surface area (Å²) in [6.45, 7) is 0.177. The molecule has 0 saturated carbocycles. The van der Waals surface area contributed by atoms with Crippen LogP contribution in [0.4, 0.5) is 0 Å². The number of rotatable bonds is 5. The van der Waals surface area contributed by atoms with Crippen molar-refractivity contribution in [2.45, 2.75) is 6.42 Å². The van der Waals surface area contributed by atoms with Crippen LogP contribution in [0.5, 0.6) is 5.75 Å². The summed E-state index contributed by atoms with van der Waals surface area (Å²) >= 11 is 3.27. The molecular formula is C11H11BrO4. The number of hydrogen-bond donors (Lipinski definition) is 0. The van der Waals surface area contributed by atoms with Gasteiger partial charge in [0.25, 0.3) is 0 Å². The van der Waals surface area contributed by atoms with Crippen molar-refractivity contribution in [2.75, 3.05) is 13.7 Å². The van der Waals surface area contributed by atoms with Gasteiger partial charge in [-0.05, 0) is 28.1 Å². The maximum absolute atomic E-state index is 10.9. The molecule has 0 N–H and O–H groups in total. The van der Waals surface area contributed by atoms with Crippen molar-refractivity contribution < 1.29 is 19.1 Å². The molecule has 4 nitrogen and oxygen atoms in total. The van der Waals surface area contributed by atoms with Gasteiger partial charge in [0.2, 0.25) is 0 Å². The Hall–Kier alpha value is -1.36. The summed E-state index contributed by atoms with van der Waals surface area (Å²) in [5.74, 6) is 0.0982. The predicted octanol–water partition coefficient (Wildman–Crippen LogP) is 2.20. The molecule has 1 aromatic rings. The topological polar surface area (TPSA) is 52.6 Å². The normalized spacial score (nSPS) is 9.62. The van der Waals surface area contributed by atoms with E-state index in [4.69, 9.17) is 4.74 Å². The third-order valence-corrected chi connectivity index (χ3v) is 2.53. The van der Waals surface area contributed by atoms with Crippen molar-refractivity contribution in [2.24, 2.45) is 0 Å². The van der Waals surface area contributed by atoms with Crippen molar-refractivity contribution in [1.29, 1.82) is 0 Å². The van der Waals surface area contributed by atoms with E-state index in [9.17, 15) is 9.59 Å². The van der Waals surface area contributed by atoms with Gasteiger partial charge >= 0.3 is 5.97 Å². The van der Waals surface area contributed by atoms with Gasteiger partial charge in [-0.2, -0.15) is 0 Å². The van der Waals surface area contributed by atoms with E-state index in [0.29, 0.717) is 22.1 Å². The Labute approximate surface area is 102 Å². The Morgan fingerprint density at radius 2 is 2.25 bits per heavy atom. The summed E-state index contributed by atoms with van der Waals surface area (Å²) in [6, 6.07) is 5.15. The van der Waals surface area contributed by atoms with Crippen LogP contribution in [0.25, 0.3) is 0 Å². The highest BCUT2D eigenvalue weighted by Gasteiger charge is 2.08. The molecule has 0 amide bonds. The van der Waals surface area contributed by atoms with E-state index in [2.05, 4.69) is 20.7 Å². The van der Waals surface area contributed by atoms with Crippen LogP contribution < -0.4 is 4.74 Å². The summed E-state index contributed by atoms with van der Waals surface area (Å²) in [5, 5.41) is 0. The SMILES string of the molecule is COC(=O)CCOc1c(Br)cccc1C=O. The van der Waals surface area contributed by atoms with Crippen molar-refractivity contribution in [1.82, 2.24) is 0 Å². The molecule has 0 radical (unpaired) electrons. The molecule has 0 spiro atoms. The molecule has 0 fully saturated rings. The van der Waals surface area contributed by atoms with E-state index >= 15 is 0 Å². The number of carbonyl (C=O) groups excluding carboxylic acids is 2. The minimum absolute atomic E-state index is 0.149. The third-order valence-electron chi connectivity index (χ3n) is 1.90. The molecule has 0 aromatic heterocycles. The Morgan fingerprint density at radius 3 is 2.88 bits per heavy atom. The van der Waals surface area contributed by atoms with Gasteiger partial charge in [-0.15, -0.1) is 0 Å². The number of methoxy groups -OCH3 is 1. The number of halogens is 1. The lowest BCUT2D eigenvalue weighted by atomic mass is 10.2. The number of esters is 1. The van der Waals surface area contributed by atoms with Crippen LogP contribution in [0.1, 0.15) is 16.8 Å². The maximum atomic E-state index is 10.9. The number of aldehydes is 1. The molecule has 0 unspecified atom stereocenters. The van der Waals surface area contributed by atoms with Gasteiger partial charge in [0.15, 0.2) is 6.29 Å². The zero-order chi connectivity index (χ0) is 12.0. The zero-order valence-electron chi connectivity index (χ0n) is 8.73. The standard InChI is InChI=1S/C11H11BrO4/c1-15-10(14)5-6-16-11-8(7-13)3-2-4-9(11)12/h2-4,7H,5-6H2,1H3. The number of hydrogen-bond acceptors (Lipinski definition) is 4. The largest absolute Gasteiger partial charge is 0.491 e. The second-order valence-corrected chi connectivity index (χ2v) is 3.80. The maximum Gasteiger partial charge on any atom is 0.308 e. The molecule has 0 aliphatic heterocycles. The Kier molecular flexibility index (Phi) is 4.98. The smallest absolute Gasteiger partial charge is 0.308 e. The fraction of sp³-hybridized carbons (Fsp3) is 0.273. The molecule has 0 bridgehead atoms. The first-order valence-electron chi connectivity index (χ1n) is 4.62. The summed E-state index contributed by atoms with van der Waals surface area (Å²) < 4.78 is 10.5. The summed E-state index contributed by atoms with van der Waals surface area (Å²) in [6.07, 6.45) is 0.856. The van der Waals surface area contributed by atoms with Gasteiger partial charge in [0.05, 0.1) is 30.2 Å². The molecule has 1 aromatic carbocycles. The molecule has 0 aliphatic rings. The number of benzene rings is 1. The monoisotopic (exact) mass is 286 g/mol. The van der Waals surface area contributed by atoms with Gasteiger partial charge in [-0.3, -0.25) is 9.59 Å². The lowest BCUT2D eigenvalue weighted by Crippen LogP contribution is -2.08. The number of carbonyl (C=O) groups is 2. The predicted molar refractivity (Wildman–Crippen MR) is 61.7 cm³/mol. The van der Waals surface area contributed by atoms with E-state index in [1.165, 1.54) is 7.11 Å². The first-order chi connectivity index (χ1) is 7.69. The summed E-state index contributed by atoms with van der Waals surface area (Å²) in [7, 11) is 1.32. The fourth-order valence-corrected chi connectivity index (χ4v) is 1.61. The van der Waals surface area contributed by atoms with E-state index in [-0.39, 0.29) is 19.0 Å². The summed E-state index contributed by atoms with van der Waals surface area (Å²) in [5.41, 5.74) is 0.444. The van der Waals surface area contributed by atoms with Crippen molar-refractivity contribution >= 4 is 28.2 Å². The second-order valence-electron chi connectivity index (χ2n) is 2.95. The Balaban J connectivity index is 2.65. The average Bonchev–Trinajstić information content (AvgIpc) is 2.30. The van der Waals surface area contributed by atoms with Gasteiger partial charge in [-0.25, -0.2) is 0 Å². The van der Waals surface area contributed by atoms with Crippen LogP contribution in [-0.4, -0.2) is 26.0 Å².